The van der Waals surface area contributed by atoms with E-state index in [4.69, 9.17) is 9.15 Å². The fraction of sp³-hybridized carbons (Fsp3) is 0.167. The Kier molecular flexibility index (Phi) is 6.23. The quantitative estimate of drug-likeness (QED) is 0.226. The van der Waals surface area contributed by atoms with Gasteiger partial charge in [0, 0.05) is 28.2 Å². The van der Waals surface area contributed by atoms with Crippen LogP contribution in [0, 0.1) is 13.8 Å². The lowest BCUT2D eigenvalue weighted by molar-refractivity contribution is 0.0600. The summed E-state index contributed by atoms with van der Waals surface area (Å²) in [7, 11) is 1.35. The molecule has 0 bridgehead atoms. The van der Waals surface area contributed by atoms with E-state index >= 15 is 0 Å². The fourth-order valence-corrected chi connectivity index (χ4v) is 4.12. The number of carbonyl (C=O) groups is 2. The molecular formula is C24H21N3O4S. The molecule has 0 fully saturated rings. The third kappa shape index (κ3) is 4.36. The maximum absolute atomic E-state index is 12.9. The van der Waals surface area contributed by atoms with Gasteiger partial charge in [-0.25, -0.2) is 4.79 Å². The van der Waals surface area contributed by atoms with Gasteiger partial charge in [-0.1, -0.05) is 30.0 Å². The molecule has 0 atom stereocenters. The van der Waals surface area contributed by atoms with Gasteiger partial charge in [-0.15, -0.1) is 10.2 Å². The molecule has 162 valence electrons. The van der Waals surface area contributed by atoms with Crippen molar-refractivity contribution in [3.63, 3.8) is 0 Å². The molecule has 0 radical (unpaired) electrons. The Labute approximate surface area is 189 Å². The molecule has 0 aliphatic rings. The molecule has 0 unspecified atom stereocenters. The molecule has 32 heavy (non-hydrogen) atoms. The van der Waals surface area contributed by atoms with Gasteiger partial charge in [-0.3, -0.25) is 4.79 Å². The number of benzene rings is 2. The van der Waals surface area contributed by atoms with Crippen molar-refractivity contribution < 1.29 is 18.7 Å². The van der Waals surface area contributed by atoms with Crippen LogP contribution in [0.3, 0.4) is 0 Å². The van der Waals surface area contributed by atoms with E-state index < -0.39 is 0 Å². The van der Waals surface area contributed by atoms with Crippen LogP contribution in [-0.2, 0) is 4.74 Å². The Bertz CT molecular complexity index is 1260. The first-order valence-electron chi connectivity index (χ1n) is 9.90. The average molecular weight is 448 g/mol. The van der Waals surface area contributed by atoms with Gasteiger partial charge in [0.25, 0.3) is 5.22 Å². The number of Topliss-reactive ketones (excluding diaryl/α,β-unsaturated/α-hetero) is 1. The summed E-state index contributed by atoms with van der Waals surface area (Å²) >= 11 is 1.22. The van der Waals surface area contributed by atoms with Crippen molar-refractivity contribution in [3.05, 3.63) is 83.2 Å². The van der Waals surface area contributed by atoms with E-state index in [-0.39, 0.29) is 17.5 Å². The minimum atomic E-state index is -0.387. The van der Waals surface area contributed by atoms with Gasteiger partial charge >= 0.3 is 5.97 Å². The summed E-state index contributed by atoms with van der Waals surface area (Å²) in [6.07, 6.45) is 0. The number of ketones is 1. The third-order valence-corrected chi connectivity index (χ3v) is 5.85. The van der Waals surface area contributed by atoms with E-state index in [0.29, 0.717) is 22.2 Å². The van der Waals surface area contributed by atoms with E-state index in [2.05, 4.69) is 10.2 Å². The van der Waals surface area contributed by atoms with Crippen LogP contribution in [-0.4, -0.2) is 39.4 Å². The molecule has 8 heteroatoms. The fourth-order valence-electron chi connectivity index (χ4n) is 3.48. The van der Waals surface area contributed by atoms with E-state index in [1.807, 2.05) is 66.9 Å². The molecule has 0 saturated carbocycles. The summed E-state index contributed by atoms with van der Waals surface area (Å²) in [5.41, 5.74) is 4.56. The highest BCUT2D eigenvalue weighted by Crippen LogP contribution is 2.26. The first-order chi connectivity index (χ1) is 15.5. The highest BCUT2D eigenvalue weighted by atomic mass is 32.2. The van der Waals surface area contributed by atoms with Crippen LogP contribution < -0.4 is 0 Å². The maximum atomic E-state index is 12.9. The number of esters is 1. The Balaban J connectivity index is 1.48. The molecule has 7 nitrogen and oxygen atoms in total. The van der Waals surface area contributed by atoms with Gasteiger partial charge < -0.3 is 13.7 Å². The van der Waals surface area contributed by atoms with E-state index in [9.17, 15) is 9.59 Å². The zero-order chi connectivity index (χ0) is 22.7. The van der Waals surface area contributed by atoms with Crippen molar-refractivity contribution in [2.75, 3.05) is 12.9 Å². The topological polar surface area (TPSA) is 87.2 Å². The molecular weight excluding hydrogens is 426 g/mol. The summed E-state index contributed by atoms with van der Waals surface area (Å²) in [6.45, 7) is 3.84. The average Bonchev–Trinajstić information content (AvgIpc) is 3.42. The zero-order valence-corrected chi connectivity index (χ0v) is 18.7. The largest absolute Gasteiger partial charge is 0.465 e. The van der Waals surface area contributed by atoms with Crippen LogP contribution in [0.1, 0.15) is 32.1 Å². The molecule has 2 aromatic heterocycles. The second-order valence-corrected chi connectivity index (χ2v) is 8.04. The van der Waals surface area contributed by atoms with Gasteiger partial charge in [-0.2, -0.15) is 0 Å². The summed E-state index contributed by atoms with van der Waals surface area (Å²) in [4.78, 5) is 24.6. The molecule has 0 spiro atoms. The molecule has 0 aliphatic carbocycles. The van der Waals surface area contributed by atoms with Crippen LogP contribution in [0.15, 0.2) is 70.3 Å². The Morgan fingerprint density at radius 2 is 1.75 bits per heavy atom. The number of hydrogen-bond acceptors (Lipinski definition) is 7. The van der Waals surface area contributed by atoms with E-state index in [1.54, 1.807) is 12.1 Å². The summed E-state index contributed by atoms with van der Waals surface area (Å²) < 4.78 is 12.4. The zero-order valence-electron chi connectivity index (χ0n) is 17.9. The highest BCUT2D eigenvalue weighted by Gasteiger charge is 2.19. The number of thioether (sulfide) groups is 1. The Hall–Kier alpha value is -3.65. The summed E-state index contributed by atoms with van der Waals surface area (Å²) in [5, 5.41) is 8.44. The molecule has 4 rings (SSSR count). The molecule has 2 heterocycles. The first kappa shape index (κ1) is 21.6. The van der Waals surface area contributed by atoms with Crippen molar-refractivity contribution >= 4 is 23.5 Å². The lowest BCUT2D eigenvalue weighted by Gasteiger charge is -2.10. The summed E-state index contributed by atoms with van der Waals surface area (Å²) in [6, 6.07) is 18.4. The highest BCUT2D eigenvalue weighted by molar-refractivity contribution is 7.99. The van der Waals surface area contributed by atoms with Gasteiger partial charge in [-0.05, 0) is 56.3 Å². The Morgan fingerprint density at radius 3 is 2.44 bits per heavy atom. The monoisotopic (exact) mass is 447 g/mol. The molecule has 0 saturated heterocycles. The molecule has 0 amide bonds. The lowest BCUT2D eigenvalue weighted by atomic mass is 10.2. The number of rotatable bonds is 7. The van der Waals surface area contributed by atoms with Gasteiger partial charge in [0.2, 0.25) is 5.89 Å². The molecule has 4 aromatic rings. The van der Waals surface area contributed by atoms with Crippen LogP contribution in [0.2, 0.25) is 0 Å². The van der Waals surface area contributed by atoms with Crippen molar-refractivity contribution in [1.82, 2.24) is 14.8 Å². The summed E-state index contributed by atoms with van der Waals surface area (Å²) in [5.74, 6) is 0.193. The van der Waals surface area contributed by atoms with E-state index in [1.165, 1.54) is 18.9 Å². The molecule has 0 aliphatic heterocycles. The predicted octanol–water partition coefficient (Wildman–Crippen LogP) is 4.91. The second kappa shape index (κ2) is 9.23. The maximum Gasteiger partial charge on any atom is 0.337 e. The van der Waals surface area contributed by atoms with Crippen LogP contribution >= 0.6 is 11.8 Å². The van der Waals surface area contributed by atoms with Crippen molar-refractivity contribution in [2.24, 2.45) is 0 Å². The number of ether oxygens (including phenoxy) is 1. The van der Waals surface area contributed by atoms with E-state index in [0.717, 1.165) is 22.6 Å². The van der Waals surface area contributed by atoms with Crippen LogP contribution in [0.5, 0.6) is 0 Å². The minimum absolute atomic E-state index is 0.0278. The third-order valence-electron chi connectivity index (χ3n) is 5.03. The van der Waals surface area contributed by atoms with Gasteiger partial charge in [0.05, 0.1) is 18.4 Å². The Morgan fingerprint density at radius 1 is 1.03 bits per heavy atom. The van der Waals surface area contributed by atoms with Crippen LogP contribution in [0.4, 0.5) is 0 Å². The smallest absolute Gasteiger partial charge is 0.337 e. The van der Waals surface area contributed by atoms with Crippen molar-refractivity contribution in [2.45, 2.75) is 19.1 Å². The predicted molar refractivity (Wildman–Crippen MR) is 121 cm³/mol. The standard InChI is InChI=1S/C24H21N3O4S/c1-15-13-20(16(2)27(15)19-11-9-18(10-12-19)23(29)30-3)21(28)14-32-24-26-25-22(31-24)17-7-5-4-6-8-17/h4-13H,14H2,1-3H3. The minimum Gasteiger partial charge on any atom is -0.465 e. The number of carbonyl (C=O) groups excluding carboxylic acids is 2. The van der Waals surface area contributed by atoms with Crippen molar-refractivity contribution in [1.29, 1.82) is 0 Å². The number of aromatic nitrogens is 3. The lowest BCUT2D eigenvalue weighted by Crippen LogP contribution is -2.06. The van der Waals surface area contributed by atoms with Gasteiger partial charge in [0.15, 0.2) is 5.78 Å². The normalized spacial score (nSPS) is 10.8. The number of hydrogen-bond donors (Lipinski definition) is 0. The SMILES string of the molecule is COC(=O)c1ccc(-n2c(C)cc(C(=O)CSc3nnc(-c4ccccc4)o3)c2C)cc1. The van der Waals surface area contributed by atoms with Crippen molar-refractivity contribution in [3.8, 4) is 17.1 Å². The second-order valence-electron chi connectivity index (χ2n) is 7.11. The number of aryl methyl sites for hydroxylation is 1. The van der Waals surface area contributed by atoms with Gasteiger partial charge in [0.1, 0.15) is 0 Å². The number of nitrogens with zero attached hydrogens (tertiary/aromatic N) is 3. The first-order valence-corrected chi connectivity index (χ1v) is 10.9. The van der Waals surface area contributed by atoms with Crippen LogP contribution in [0.25, 0.3) is 17.1 Å². The molecule has 0 N–H and O–H groups in total. The molecule has 2 aromatic carbocycles. The number of methoxy groups -OCH3 is 1.